The Labute approximate surface area is 157 Å². The van der Waals surface area contributed by atoms with E-state index < -0.39 is 0 Å². The quantitative estimate of drug-likeness (QED) is 0.452. The lowest BCUT2D eigenvalue weighted by Gasteiger charge is -2.23. The summed E-state index contributed by atoms with van der Waals surface area (Å²) in [6, 6.07) is 26.9. The minimum atomic E-state index is -0.0859. The number of aryl methyl sites for hydroxylation is 1. The van der Waals surface area contributed by atoms with E-state index in [1.165, 1.54) is 0 Å². The van der Waals surface area contributed by atoms with Gasteiger partial charge in [0.15, 0.2) is 0 Å². The second kappa shape index (κ2) is 6.70. The fraction of sp³-hybridized carbons (Fsp3) is 0.0455. The Morgan fingerprint density at radius 2 is 1.42 bits per heavy atom. The van der Waals surface area contributed by atoms with Crippen molar-refractivity contribution in [2.75, 3.05) is 4.90 Å². The predicted molar refractivity (Wildman–Crippen MR) is 107 cm³/mol. The van der Waals surface area contributed by atoms with Gasteiger partial charge in [-0.15, -0.1) is 0 Å². The highest BCUT2D eigenvalue weighted by Gasteiger charge is 2.23. The largest absolute Gasteiger partial charge is 0.340 e. The number of benzene rings is 3. The monoisotopic (exact) mass is 360 g/mol. The highest BCUT2D eigenvalue weighted by Crippen LogP contribution is 2.29. The van der Waals surface area contributed by atoms with Gasteiger partial charge < -0.3 is 4.57 Å². The average molecular weight is 361 g/mol. The lowest BCUT2D eigenvalue weighted by molar-refractivity contribution is 0.0992. The molecular formula is C22H17ClN2O. The Kier molecular flexibility index (Phi) is 4.23. The number of nitrogens with zero attached hydrogens (tertiary/aromatic N) is 2. The van der Waals surface area contributed by atoms with Crippen molar-refractivity contribution in [3.63, 3.8) is 0 Å². The van der Waals surface area contributed by atoms with E-state index in [1.54, 1.807) is 4.90 Å². The third-order valence-corrected chi connectivity index (χ3v) is 4.69. The smallest absolute Gasteiger partial charge is 0.279 e. The fourth-order valence-electron chi connectivity index (χ4n) is 3.18. The maximum atomic E-state index is 13.5. The van der Waals surface area contributed by atoms with Gasteiger partial charge in [-0.2, -0.15) is 0 Å². The van der Waals surface area contributed by atoms with Gasteiger partial charge in [0.05, 0.1) is 0 Å². The van der Waals surface area contributed by atoms with E-state index in [0.29, 0.717) is 10.7 Å². The number of halogens is 1. The second-order valence-electron chi connectivity index (χ2n) is 6.10. The maximum Gasteiger partial charge on any atom is 0.279 e. The SMILES string of the molecule is Cn1c(C(=O)N(c2ccccc2)c2ccccc2)cc2cc(Cl)ccc21. The molecule has 4 rings (SSSR count). The summed E-state index contributed by atoms with van der Waals surface area (Å²) in [5, 5.41) is 1.61. The van der Waals surface area contributed by atoms with Crippen molar-refractivity contribution in [2.24, 2.45) is 7.05 Å². The van der Waals surface area contributed by atoms with Crippen LogP contribution in [0.25, 0.3) is 10.9 Å². The number of aromatic nitrogens is 1. The van der Waals surface area contributed by atoms with Crippen molar-refractivity contribution < 1.29 is 4.79 Å². The molecule has 0 fully saturated rings. The first-order valence-corrected chi connectivity index (χ1v) is 8.72. The topological polar surface area (TPSA) is 25.2 Å². The molecule has 0 aliphatic carbocycles. The number of para-hydroxylation sites is 2. The van der Waals surface area contributed by atoms with E-state index in [2.05, 4.69) is 0 Å². The number of hydrogen-bond acceptors (Lipinski definition) is 1. The highest BCUT2D eigenvalue weighted by atomic mass is 35.5. The van der Waals surface area contributed by atoms with Crippen LogP contribution in [0.15, 0.2) is 84.9 Å². The van der Waals surface area contributed by atoms with Gasteiger partial charge in [0.2, 0.25) is 0 Å². The molecule has 4 heteroatoms. The normalized spacial score (nSPS) is 10.8. The molecule has 128 valence electrons. The molecule has 0 saturated carbocycles. The van der Waals surface area contributed by atoms with Crippen LogP contribution in [0.1, 0.15) is 10.5 Å². The standard InChI is InChI=1S/C22H17ClN2O/c1-24-20-13-12-17(23)14-16(20)15-21(24)22(26)25(18-8-4-2-5-9-18)19-10-6-3-7-11-19/h2-15H,1H3. The fourth-order valence-corrected chi connectivity index (χ4v) is 3.36. The minimum Gasteiger partial charge on any atom is -0.340 e. The van der Waals surface area contributed by atoms with Gasteiger partial charge in [-0.25, -0.2) is 0 Å². The number of amides is 1. The lowest BCUT2D eigenvalue weighted by atomic mass is 10.2. The minimum absolute atomic E-state index is 0.0859. The molecule has 0 unspecified atom stereocenters. The van der Waals surface area contributed by atoms with E-state index in [1.807, 2.05) is 96.5 Å². The summed E-state index contributed by atoms with van der Waals surface area (Å²) in [5.41, 5.74) is 3.23. The Morgan fingerprint density at radius 1 is 0.846 bits per heavy atom. The molecule has 3 nitrogen and oxygen atoms in total. The first-order chi connectivity index (χ1) is 12.6. The van der Waals surface area contributed by atoms with Crippen LogP contribution < -0.4 is 4.90 Å². The molecule has 0 aliphatic rings. The Balaban J connectivity index is 1.87. The number of anilines is 2. The van der Waals surface area contributed by atoms with Gasteiger partial charge in [-0.3, -0.25) is 9.69 Å². The summed E-state index contributed by atoms with van der Waals surface area (Å²) < 4.78 is 1.91. The maximum absolute atomic E-state index is 13.5. The lowest BCUT2D eigenvalue weighted by Crippen LogP contribution is -2.27. The first-order valence-electron chi connectivity index (χ1n) is 8.35. The third kappa shape index (κ3) is 2.87. The summed E-state index contributed by atoms with van der Waals surface area (Å²) in [7, 11) is 1.90. The number of rotatable bonds is 3. The molecule has 0 bridgehead atoms. The van der Waals surface area contributed by atoms with E-state index in [4.69, 9.17) is 11.6 Å². The van der Waals surface area contributed by atoms with E-state index in [0.717, 1.165) is 22.3 Å². The van der Waals surface area contributed by atoms with Crippen molar-refractivity contribution >= 4 is 39.8 Å². The predicted octanol–water partition coefficient (Wildman–Crippen LogP) is 5.81. The first kappa shape index (κ1) is 16.4. The third-order valence-electron chi connectivity index (χ3n) is 4.46. The molecule has 3 aromatic carbocycles. The van der Waals surface area contributed by atoms with Crippen molar-refractivity contribution in [1.82, 2.24) is 4.57 Å². The molecule has 1 amide bonds. The van der Waals surface area contributed by atoms with Crippen LogP contribution in [0, 0.1) is 0 Å². The highest BCUT2D eigenvalue weighted by molar-refractivity contribution is 6.31. The molecule has 0 atom stereocenters. The summed E-state index contributed by atoms with van der Waals surface area (Å²) in [6.07, 6.45) is 0. The van der Waals surface area contributed by atoms with Gasteiger partial charge >= 0.3 is 0 Å². The molecule has 0 radical (unpaired) electrons. The molecule has 4 aromatic rings. The van der Waals surface area contributed by atoms with Crippen LogP contribution in [-0.4, -0.2) is 10.5 Å². The van der Waals surface area contributed by atoms with E-state index >= 15 is 0 Å². The van der Waals surface area contributed by atoms with Crippen LogP contribution in [0.3, 0.4) is 0 Å². The molecule has 0 N–H and O–H groups in total. The van der Waals surface area contributed by atoms with E-state index in [9.17, 15) is 4.79 Å². The Morgan fingerprint density at radius 3 is 2.00 bits per heavy atom. The van der Waals surface area contributed by atoms with Gasteiger partial charge in [-0.1, -0.05) is 48.0 Å². The van der Waals surface area contributed by atoms with Crippen LogP contribution in [0.5, 0.6) is 0 Å². The molecule has 26 heavy (non-hydrogen) atoms. The van der Waals surface area contributed by atoms with Gasteiger partial charge in [0, 0.05) is 34.3 Å². The van der Waals surface area contributed by atoms with Crippen molar-refractivity contribution in [3.05, 3.63) is 95.6 Å². The average Bonchev–Trinajstić information content (AvgIpc) is 2.99. The molecule has 0 saturated heterocycles. The van der Waals surface area contributed by atoms with Gasteiger partial charge in [0.25, 0.3) is 5.91 Å². The zero-order valence-electron chi connectivity index (χ0n) is 14.3. The summed E-state index contributed by atoms with van der Waals surface area (Å²) in [5.74, 6) is -0.0859. The van der Waals surface area contributed by atoms with Crippen molar-refractivity contribution in [2.45, 2.75) is 0 Å². The summed E-state index contributed by atoms with van der Waals surface area (Å²) >= 11 is 6.11. The van der Waals surface area contributed by atoms with Gasteiger partial charge in [0.1, 0.15) is 5.69 Å². The Hall–Kier alpha value is -3.04. The van der Waals surface area contributed by atoms with Gasteiger partial charge in [-0.05, 0) is 48.5 Å². The van der Waals surface area contributed by atoms with Crippen LogP contribution in [0.4, 0.5) is 11.4 Å². The molecule has 0 aliphatic heterocycles. The number of fused-ring (bicyclic) bond motifs is 1. The number of carbonyl (C=O) groups excluding carboxylic acids is 1. The molecular weight excluding hydrogens is 344 g/mol. The summed E-state index contributed by atoms with van der Waals surface area (Å²) in [4.78, 5) is 15.2. The second-order valence-corrected chi connectivity index (χ2v) is 6.54. The van der Waals surface area contributed by atoms with Crippen molar-refractivity contribution in [3.8, 4) is 0 Å². The van der Waals surface area contributed by atoms with Crippen molar-refractivity contribution in [1.29, 1.82) is 0 Å². The number of carbonyl (C=O) groups is 1. The van der Waals surface area contributed by atoms with Crippen LogP contribution >= 0.6 is 11.6 Å². The Bertz CT molecular complexity index is 1030. The molecule has 0 spiro atoms. The van der Waals surface area contributed by atoms with Crippen LogP contribution in [-0.2, 0) is 7.05 Å². The molecule has 1 aromatic heterocycles. The summed E-state index contributed by atoms with van der Waals surface area (Å²) in [6.45, 7) is 0. The van der Waals surface area contributed by atoms with Crippen LogP contribution in [0.2, 0.25) is 5.02 Å². The zero-order chi connectivity index (χ0) is 18.1. The zero-order valence-corrected chi connectivity index (χ0v) is 15.0. The molecule has 1 heterocycles. The van der Waals surface area contributed by atoms with E-state index in [-0.39, 0.29) is 5.91 Å². The number of hydrogen-bond donors (Lipinski definition) is 0.